The lowest BCUT2D eigenvalue weighted by Crippen LogP contribution is -2.39. The summed E-state index contributed by atoms with van der Waals surface area (Å²) in [4.78, 5) is 4.22. The first-order chi connectivity index (χ1) is 11.1. The van der Waals surface area contributed by atoms with E-state index in [1.165, 1.54) is 5.56 Å². The first-order valence-corrected chi connectivity index (χ1v) is 8.34. The smallest absolute Gasteiger partial charge is 0.190 e. The van der Waals surface area contributed by atoms with Gasteiger partial charge in [0, 0.05) is 20.1 Å². The van der Waals surface area contributed by atoms with Gasteiger partial charge in [0.05, 0.1) is 13.7 Å². The summed E-state index contributed by atoms with van der Waals surface area (Å²) in [5.41, 5.74) is 1.25. The molecule has 5 nitrogen and oxygen atoms in total. The van der Waals surface area contributed by atoms with Crippen molar-refractivity contribution in [1.82, 2.24) is 10.6 Å². The number of guanidine groups is 1. The van der Waals surface area contributed by atoms with E-state index in [2.05, 4.69) is 41.6 Å². The Bertz CT molecular complexity index is 487. The van der Waals surface area contributed by atoms with Gasteiger partial charge >= 0.3 is 0 Å². The second-order valence-electron chi connectivity index (χ2n) is 5.80. The predicted molar refractivity (Wildman–Crippen MR) is 96.7 cm³/mol. The fourth-order valence-electron chi connectivity index (χ4n) is 2.17. The van der Waals surface area contributed by atoms with E-state index in [0.29, 0.717) is 12.5 Å². The maximum Gasteiger partial charge on any atom is 0.190 e. The van der Waals surface area contributed by atoms with Crippen molar-refractivity contribution in [2.75, 3.05) is 33.9 Å². The van der Waals surface area contributed by atoms with Crippen molar-refractivity contribution in [3.63, 3.8) is 0 Å². The highest BCUT2D eigenvalue weighted by Gasteiger charge is 2.05. The molecule has 0 aliphatic rings. The van der Waals surface area contributed by atoms with Crippen LogP contribution in [0.2, 0.25) is 0 Å². The second-order valence-corrected chi connectivity index (χ2v) is 5.80. The van der Waals surface area contributed by atoms with E-state index >= 15 is 0 Å². The van der Waals surface area contributed by atoms with Crippen LogP contribution in [0.15, 0.2) is 23.2 Å². The monoisotopic (exact) mass is 321 g/mol. The molecule has 23 heavy (non-hydrogen) atoms. The SMILES string of the molecule is CCOc1cc(CCCNC(=NC)NCC(C)C)ccc1OC. The average molecular weight is 321 g/mol. The molecule has 0 amide bonds. The van der Waals surface area contributed by atoms with Crippen LogP contribution in [-0.2, 0) is 6.42 Å². The highest BCUT2D eigenvalue weighted by Crippen LogP contribution is 2.28. The summed E-state index contributed by atoms with van der Waals surface area (Å²) in [6, 6.07) is 6.12. The molecule has 0 spiro atoms. The van der Waals surface area contributed by atoms with Crippen molar-refractivity contribution in [3.8, 4) is 11.5 Å². The van der Waals surface area contributed by atoms with Crippen LogP contribution in [0.3, 0.4) is 0 Å². The van der Waals surface area contributed by atoms with Crippen LogP contribution in [0.1, 0.15) is 32.8 Å². The molecule has 0 heterocycles. The molecule has 130 valence electrons. The van der Waals surface area contributed by atoms with Crippen molar-refractivity contribution in [2.24, 2.45) is 10.9 Å². The lowest BCUT2D eigenvalue weighted by atomic mass is 10.1. The Labute approximate surface area is 140 Å². The molecule has 0 radical (unpaired) electrons. The lowest BCUT2D eigenvalue weighted by Gasteiger charge is -2.14. The van der Waals surface area contributed by atoms with Gasteiger partial charge < -0.3 is 20.1 Å². The van der Waals surface area contributed by atoms with Crippen LogP contribution in [0.4, 0.5) is 0 Å². The third-order valence-corrected chi connectivity index (χ3v) is 3.36. The van der Waals surface area contributed by atoms with Crippen molar-refractivity contribution in [3.05, 3.63) is 23.8 Å². The van der Waals surface area contributed by atoms with Crippen molar-refractivity contribution < 1.29 is 9.47 Å². The van der Waals surface area contributed by atoms with Gasteiger partial charge in [0.2, 0.25) is 0 Å². The summed E-state index contributed by atoms with van der Waals surface area (Å²) in [5.74, 6) is 3.06. The van der Waals surface area contributed by atoms with Gasteiger partial charge in [0.25, 0.3) is 0 Å². The van der Waals surface area contributed by atoms with E-state index in [0.717, 1.165) is 43.4 Å². The van der Waals surface area contributed by atoms with Crippen LogP contribution < -0.4 is 20.1 Å². The number of aliphatic imine (C=N–C) groups is 1. The fourth-order valence-corrected chi connectivity index (χ4v) is 2.17. The number of rotatable bonds is 9. The molecule has 0 saturated carbocycles. The summed E-state index contributed by atoms with van der Waals surface area (Å²) in [6.07, 6.45) is 2.01. The van der Waals surface area contributed by atoms with E-state index in [1.807, 2.05) is 13.0 Å². The Hall–Kier alpha value is -1.91. The number of nitrogens with zero attached hydrogens (tertiary/aromatic N) is 1. The molecule has 1 aromatic carbocycles. The topological polar surface area (TPSA) is 54.9 Å². The van der Waals surface area contributed by atoms with Crippen molar-refractivity contribution in [1.29, 1.82) is 0 Å². The number of hydrogen-bond acceptors (Lipinski definition) is 3. The van der Waals surface area contributed by atoms with Crippen LogP contribution >= 0.6 is 0 Å². The largest absolute Gasteiger partial charge is 0.493 e. The Morgan fingerprint density at radius 2 is 2.00 bits per heavy atom. The molecule has 0 atom stereocenters. The maximum atomic E-state index is 5.62. The maximum absolute atomic E-state index is 5.62. The first kappa shape index (κ1) is 19.1. The zero-order valence-corrected chi connectivity index (χ0v) is 15.1. The van der Waals surface area contributed by atoms with Gasteiger partial charge in [0.15, 0.2) is 17.5 Å². The molecule has 0 aliphatic carbocycles. The van der Waals surface area contributed by atoms with Crippen molar-refractivity contribution in [2.45, 2.75) is 33.6 Å². The van der Waals surface area contributed by atoms with Crippen LogP contribution in [0.5, 0.6) is 11.5 Å². The van der Waals surface area contributed by atoms with Gasteiger partial charge in [0.1, 0.15) is 0 Å². The van der Waals surface area contributed by atoms with Gasteiger partial charge in [-0.2, -0.15) is 0 Å². The van der Waals surface area contributed by atoms with Gasteiger partial charge in [-0.05, 0) is 43.4 Å². The third kappa shape index (κ3) is 7.26. The van der Waals surface area contributed by atoms with E-state index in [-0.39, 0.29) is 0 Å². The zero-order valence-electron chi connectivity index (χ0n) is 15.1. The third-order valence-electron chi connectivity index (χ3n) is 3.36. The Kier molecular flexibility index (Phi) is 8.95. The minimum Gasteiger partial charge on any atom is -0.493 e. The van der Waals surface area contributed by atoms with Crippen LogP contribution in [0, 0.1) is 5.92 Å². The molecule has 0 unspecified atom stereocenters. The quantitative estimate of drug-likeness (QED) is 0.417. The molecule has 0 fully saturated rings. The molecule has 0 bridgehead atoms. The minimum absolute atomic E-state index is 0.602. The zero-order chi connectivity index (χ0) is 17.1. The van der Waals surface area contributed by atoms with E-state index < -0.39 is 0 Å². The van der Waals surface area contributed by atoms with E-state index in [4.69, 9.17) is 9.47 Å². The number of methoxy groups -OCH3 is 1. The number of aryl methyl sites for hydroxylation is 1. The molecular weight excluding hydrogens is 290 g/mol. The standard InChI is InChI=1S/C18H31N3O2/c1-6-23-17-12-15(9-10-16(17)22-5)8-7-11-20-18(19-4)21-13-14(2)3/h9-10,12,14H,6-8,11,13H2,1-5H3,(H2,19,20,21). The highest BCUT2D eigenvalue weighted by molar-refractivity contribution is 5.79. The normalized spacial score (nSPS) is 11.5. The number of ether oxygens (including phenoxy) is 2. The molecule has 1 aromatic rings. The van der Waals surface area contributed by atoms with E-state index in [1.54, 1.807) is 14.2 Å². The minimum atomic E-state index is 0.602. The van der Waals surface area contributed by atoms with Gasteiger partial charge in [-0.25, -0.2) is 0 Å². The summed E-state index contributed by atoms with van der Waals surface area (Å²) in [5, 5.41) is 6.65. The molecule has 5 heteroatoms. The number of hydrogen-bond donors (Lipinski definition) is 2. The second kappa shape index (κ2) is 10.8. The summed E-state index contributed by atoms with van der Waals surface area (Å²) in [6.45, 7) is 8.79. The molecule has 0 aromatic heterocycles. The number of nitrogens with one attached hydrogen (secondary N) is 2. The Morgan fingerprint density at radius 3 is 2.61 bits per heavy atom. The van der Waals surface area contributed by atoms with Crippen LogP contribution in [0.25, 0.3) is 0 Å². The summed E-state index contributed by atoms with van der Waals surface area (Å²) in [7, 11) is 3.46. The van der Waals surface area contributed by atoms with Crippen LogP contribution in [-0.4, -0.2) is 39.8 Å². The first-order valence-electron chi connectivity index (χ1n) is 8.34. The molecule has 2 N–H and O–H groups in total. The molecule has 0 aliphatic heterocycles. The highest BCUT2D eigenvalue weighted by atomic mass is 16.5. The van der Waals surface area contributed by atoms with E-state index in [9.17, 15) is 0 Å². The predicted octanol–water partition coefficient (Wildman–Crippen LogP) is 2.85. The molecular formula is C18H31N3O2. The summed E-state index contributed by atoms with van der Waals surface area (Å²) >= 11 is 0. The fraction of sp³-hybridized carbons (Fsp3) is 0.611. The molecule has 0 saturated heterocycles. The van der Waals surface area contributed by atoms with Gasteiger partial charge in [-0.1, -0.05) is 19.9 Å². The molecule has 1 rings (SSSR count). The summed E-state index contributed by atoms with van der Waals surface area (Å²) < 4.78 is 10.9. The Balaban J connectivity index is 2.42. The lowest BCUT2D eigenvalue weighted by molar-refractivity contribution is 0.310. The van der Waals surface area contributed by atoms with Crippen molar-refractivity contribution >= 4 is 5.96 Å². The Morgan fingerprint density at radius 1 is 1.22 bits per heavy atom. The average Bonchev–Trinajstić information content (AvgIpc) is 2.54. The van der Waals surface area contributed by atoms with Gasteiger partial charge in [-0.3, -0.25) is 4.99 Å². The number of benzene rings is 1. The van der Waals surface area contributed by atoms with Gasteiger partial charge in [-0.15, -0.1) is 0 Å².